The van der Waals surface area contributed by atoms with Gasteiger partial charge >= 0.3 is 0 Å². The maximum Gasteiger partial charge on any atom is 0.286 e. The zero-order valence-corrected chi connectivity index (χ0v) is 13.3. The molecule has 0 saturated heterocycles. The van der Waals surface area contributed by atoms with Gasteiger partial charge < -0.3 is 9.73 Å². The fourth-order valence-corrected chi connectivity index (χ4v) is 1.94. The van der Waals surface area contributed by atoms with Gasteiger partial charge in [0.25, 0.3) is 11.8 Å². The first-order valence-electron chi connectivity index (χ1n) is 7.60. The van der Waals surface area contributed by atoms with Crippen molar-refractivity contribution in [1.82, 2.24) is 16.2 Å². The number of furan rings is 1. The molecule has 0 unspecified atom stereocenters. The zero-order chi connectivity index (χ0) is 17.4. The number of carbonyl (C=O) groups excluding carboxylic acids is 3. The smallest absolute Gasteiger partial charge is 0.286 e. The summed E-state index contributed by atoms with van der Waals surface area (Å²) in [5, 5.41) is 2.54. The Bertz CT molecular complexity index is 693. The first kappa shape index (κ1) is 17.3. The number of benzene rings is 1. The van der Waals surface area contributed by atoms with E-state index in [1.807, 2.05) is 19.1 Å². The Morgan fingerprint density at radius 3 is 2.38 bits per heavy atom. The highest BCUT2D eigenvalue weighted by atomic mass is 16.3. The van der Waals surface area contributed by atoms with E-state index >= 15 is 0 Å². The second-order valence-electron chi connectivity index (χ2n) is 5.04. The summed E-state index contributed by atoms with van der Waals surface area (Å²) in [7, 11) is 0. The van der Waals surface area contributed by atoms with Crippen molar-refractivity contribution >= 4 is 17.7 Å². The number of hydrazine groups is 1. The predicted molar refractivity (Wildman–Crippen MR) is 87.1 cm³/mol. The molecular formula is C17H19N3O4. The van der Waals surface area contributed by atoms with Crippen LogP contribution < -0.4 is 16.2 Å². The third-order valence-electron chi connectivity index (χ3n) is 3.32. The molecule has 0 radical (unpaired) electrons. The van der Waals surface area contributed by atoms with Crippen LogP contribution in [0.1, 0.15) is 39.8 Å². The number of nitrogens with one attached hydrogen (secondary N) is 3. The summed E-state index contributed by atoms with van der Waals surface area (Å²) in [5.74, 6) is -1.02. The lowest BCUT2D eigenvalue weighted by atomic mass is 10.1. The summed E-state index contributed by atoms with van der Waals surface area (Å²) in [5.41, 5.74) is 6.22. The van der Waals surface area contributed by atoms with E-state index in [4.69, 9.17) is 4.42 Å². The topological polar surface area (TPSA) is 100 Å². The molecule has 7 nitrogen and oxygen atoms in total. The number of hydrogen-bond donors (Lipinski definition) is 3. The average Bonchev–Trinajstić information content (AvgIpc) is 3.14. The monoisotopic (exact) mass is 329 g/mol. The summed E-state index contributed by atoms with van der Waals surface area (Å²) in [6.07, 6.45) is 2.31. The van der Waals surface area contributed by atoms with Crippen LogP contribution in [0, 0.1) is 0 Å². The van der Waals surface area contributed by atoms with Gasteiger partial charge in [-0.25, -0.2) is 0 Å². The molecule has 1 aromatic carbocycles. The van der Waals surface area contributed by atoms with Gasteiger partial charge in [-0.1, -0.05) is 19.1 Å². The predicted octanol–water partition coefficient (Wildman–Crippen LogP) is 1.42. The van der Waals surface area contributed by atoms with Crippen LogP contribution in [0.2, 0.25) is 0 Å². The Kier molecular flexibility index (Phi) is 6.13. The molecule has 2 rings (SSSR count). The first-order chi connectivity index (χ1) is 11.6. The van der Waals surface area contributed by atoms with Crippen molar-refractivity contribution in [3.63, 3.8) is 0 Å². The van der Waals surface area contributed by atoms with Gasteiger partial charge in [0.2, 0.25) is 5.91 Å². The van der Waals surface area contributed by atoms with E-state index in [-0.39, 0.29) is 18.7 Å². The molecule has 1 heterocycles. The lowest BCUT2D eigenvalue weighted by Crippen LogP contribution is -2.42. The molecule has 0 atom stereocenters. The molecule has 0 fully saturated rings. The van der Waals surface area contributed by atoms with Crippen LogP contribution in [0.15, 0.2) is 47.1 Å². The van der Waals surface area contributed by atoms with Gasteiger partial charge in [0, 0.05) is 18.5 Å². The van der Waals surface area contributed by atoms with Gasteiger partial charge in [0.05, 0.1) is 6.26 Å². The second kappa shape index (κ2) is 8.52. The van der Waals surface area contributed by atoms with Crippen molar-refractivity contribution in [2.24, 2.45) is 0 Å². The van der Waals surface area contributed by atoms with E-state index < -0.39 is 17.7 Å². The quantitative estimate of drug-likeness (QED) is 0.698. The van der Waals surface area contributed by atoms with Gasteiger partial charge in [0.15, 0.2) is 5.76 Å². The van der Waals surface area contributed by atoms with Crippen LogP contribution in [0.4, 0.5) is 0 Å². The van der Waals surface area contributed by atoms with Crippen LogP contribution in [-0.4, -0.2) is 24.3 Å². The molecule has 1 aromatic heterocycles. The normalized spacial score (nSPS) is 10.0. The molecule has 0 spiro atoms. The molecule has 0 aliphatic heterocycles. The maximum absolute atomic E-state index is 11.9. The van der Waals surface area contributed by atoms with Crippen LogP contribution in [0.25, 0.3) is 0 Å². The number of amides is 3. The van der Waals surface area contributed by atoms with Crippen LogP contribution in [-0.2, 0) is 11.2 Å². The Labute approximate surface area is 139 Å². The Hall–Kier alpha value is -3.09. The molecule has 3 N–H and O–H groups in total. The van der Waals surface area contributed by atoms with Crippen LogP contribution in [0.3, 0.4) is 0 Å². The highest BCUT2D eigenvalue weighted by Gasteiger charge is 2.10. The highest BCUT2D eigenvalue weighted by molar-refractivity contribution is 5.95. The largest absolute Gasteiger partial charge is 0.459 e. The van der Waals surface area contributed by atoms with E-state index in [0.717, 1.165) is 12.0 Å². The van der Waals surface area contributed by atoms with Gasteiger partial charge in [-0.2, -0.15) is 0 Å². The molecule has 0 aliphatic carbocycles. The number of aryl methyl sites for hydroxylation is 1. The summed E-state index contributed by atoms with van der Waals surface area (Å²) in [6.45, 7) is 2.16. The number of carbonyl (C=O) groups is 3. The lowest BCUT2D eigenvalue weighted by Gasteiger charge is -2.08. The lowest BCUT2D eigenvalue weighted by molar-refractivity contribution is -0.121. The van der Waals surface area contributed by atoms with Gasteiger partial charge in [-0.3, -0.25) is 25.2 Å². The minimum atomic E-state index is -0.409. The van der Waals surface area contributed by atoms with Crippen molar-refractivity contribution in [3.05, 3.63) is 59.5 Å². The molecule has 0 aliphatic rings. The highest BCUT2D eigenvalue weighted by Crippen LogP contribution is 2.04. The van der Waals surface area contributed by atoms with Gasteiger partial charge in [-0.15, -0.1) is 0 Å². The summed E-state index contributed by atoms with van der Waals surface area (Å²) >= 11 is 0. The van der Waals surface area contributed by atoms with Crippen molar-refractivity contribution in [2.45, 2.75) is 19.8 Å². The molecular weight excluding hydrogens is 310 g/mol. The molecule has 24 heavy (non-hydrogen) atoms. The first-order valence-corrected chi connectivity index (χ1v) is 7.60. The van der Waals surface area contributed by atoms with E-state index in [9.17, 15) is 14.4 Å². The molecule has 126 valence electrons. The van der Waals surface area contributed by atoms with E-state index in [2.05, 4.69) is 16.2 Å². The third kappa shape index (κ3) is 4.98. The van der Waals surface area contributed by atoms with Gasteiger partial charge in [0.1, 0.15) is 0 Å². The zero-order valence-electron chi connectivity index (χ0n) is 13.3. The Balaban J connectivity index is 1.68. The van der Waals surface area contributed by atoms with E-state index in [1.165, 1.54) is 12.3 Å². The standard InChI is InChI=1S/C17H19N3O4/c1-2-12-5-7-13(8-6-12)16(22)20-19-15(21)9-10-18-17(23)14-4-3-11-24-14/h3-8,11H,2,9-10H2,1H3,(H,18,23)(H,19,21)(H,20,22). The van der Waals surface area contributed by atoms with Gasteiger partial charge in [-0.05, 0) is 36.2 Å². The Morgan fingerprint density at radius 2 is 1.75 bits per heavy atom. The molecule has 3 amide bonds. The molecule has 0 bridgehead atoms. The van der Waals surface area contributed by atoms with Crippen LogP contribution >= 0.6 is 0 Å². The SMILES string of the molecule is CCc1ccc(C(=O)NNC(=O)CCNC(=O)c2ccco2)cc1. The second-order valence-corrected chi connectivity index (χ2v) is 5.04. The van der Waals surface area contributed by atoms with Crippen molar-refractivity contribution < 1.29 is 18.8 Å². The van der Waals surface area contributed by atoms with E-state index in [0.29, 0.717) is 5.56 Å². The third-order valence-corrected chi connectivity index (χ3v) is 3.32. The minimum Gasteiger partial charge on any atom is -0.459 e. The van der Waals surface area contributed by atoms with Crippen molar-refractivity contribution in [1.29, 1.82) is 0 Å². The fraction of sp³-hybridized carbons (Fsp3) is 0.235. The molecule has 0 saturated carbocycles. The fourth-order valence-electron chi connectivity index (χ4n) is 1.94. The van der Waals surface area contributed by atoms with E-state index in [1.54, 1.807) is 18.2 Å². The minimum absolute atomic E-state index is 0.0293. The molecule has 2 aromatic rings. The summed E-state index contributed by atoms with van der Waals surface area (Å²) in [6, 6.07) is 10.2. The molecule has 7 heteroatoms. The summed E-state index contributed by atoms with van der Waals surface area (Å²) in [4.78, 5) is 35.1. The Morgan fingerprint density at radius 1 is 1.00 bits per heavy atom. The number of hydrogen-bond acceptors (Lipinski definition) is 4. The maximum atomic E-state index is 11.9. The van der Waals surface area contributed by atoms with Crippen molar-refractivity contribution in [2.75, 3.05) is 6.54 Å². The number of rotatable bonds is 6. The van der Waals surface area contributed by atoms with Crippen LogP contribution in [0.5, 0.6) is 0 Å². The van der Waals surface area contributed by atoms with Crippen molar-refractivity contribution in [3.8, 4) is 0 Å². The summed E-state index contributed by atoms with van der Waals surface area (Å²) < 4.78 is 4.93. The average molecular weight is 329 g/mol.